The van der Waals surface area contributed by atoms with E-state index in [9.17, 15) is 0 Å². The molecule has 0 bridgehead atoms. The molecule has 1 aromatic rings. The van der Waals surface area contributed by atoms with Gasteiger partial charge in [0.05, 0.1) is 5.03 Å². The summed E-state index contributed by atoms with van der Waals surface area (Å²) in [7, 11) is 0. The molecule has 0 aromatic carbocycles. The molecule has 1 aliphatic heterocycles. The molecule has 2 rings (SSSR count). The molecule has 1 saturated heterocycles. The van der Waals surface area contributed by atoms with Gasteiger partial charge in [0.15, 0.2) is 0 Å². The Morgan fingerprint density at radius 3 is 2.94 bits per heavy atom. The van der Waals surface area contributed by atoms with E-state index in [0.717, 1.165) is 9.50 Å². The van der Waals surface area contributed by atoms with Crippen LogP contribution in [0.4, 0.5) is 0 Å². The van der Waals surface area contributed by atoms with Gasteiger partial charge in [-0.2, -0.15) is 0 Å². The van der Waals surface area contributed by atoms with E-state index in [2.05, 4.69) is 49.7 Å². The molecule has 18 heavy (non-hydrogen) atoms. The van der Waals surface area contributed by atoms with Gasteiger partial charge in [0.2, 0.25) is 0 Å². The average Bonchev–Trinajstić information content (AvgIpc) is 2.84. The van der Waals surface area contributed by atoms with Crippen molar-refractivity contribution in [3.63, 3.8) is 0 Å². The molecule has 1 aromatic heterocycles. The normalized spacial score (nSPS) is 15.6. The molecule has 1 aliphatic rings. The molecule has 2 nitrogen and oxygen atoms in total. The minimum absolute atomic E-state index is 0. The molecule has 0 radical (unpaired) electrons. The number of hydrogen-bond acceptors (Lipinski definition) is 4. The Kier molecular flexibility index (Phi) is 8.76. The van der Waals surface area contributed by atoms with Crippen molar-refractivity contribution in [3.8, 4) is 0 Å². The van der Waals surface area contributed by atoms with E-state index >= 15 is 0 Å². The highest BCUT2D eigenvalue weighted by Gasteiger charge is 2.10. The maximum atomic E-state index is 4.36. The van der Waals surface area contributed by atoms with Gasteiger partial charge in [-0.25, -0.2) is 4.98 Å². The van der Waals surface area contributed by atoms with E-state index in [1.165, 1.54) is 43.3 Å². The molecule has 0 saturated carbocycles. The molecule has 0 N–H and O–H groups in total. The predicted molar refractivity (Wildman–Crippen MR) is 88.0 cm³/mol. The Balaban J connectivity index is 0.00000162. The largest absolute Gasteiger partial charge is 0.293 e. The second-order valence-corrected chi connectivity index (χ2v) is 7.13. The first-order chi connectivity index (χ1) is 8.34. The zero-order valence-corrected chi connectivity index (χ0v) is 14.2. The summed E-state index contributed by atoms with van der Waals surface area (Å²) in [6.07, 6.45) is 4.46. The molecule has 6 heteroatoms. The van der Waals surface area contributed by atoms with Crippen LogP contribution in [-0.4, -0.2) is 40.4 Å². The minimum atomic E-state index is 0. The van der Waals surface area contributed by atoms with Crippen LogP contribution in [0.1, 0.15) is 12.8 Å². The summed E-state index contributed by atoms with van der Waals surface area (Å²) in [6, 6.07) is 4.13. The highest BCUT2D eigenvalue weighted by molar-refractivity contribution is 9.10. The zero-order valence-electron chi connectivity index (χ0n) is 10.2. The van der Waals surface area contributed by atoms with Gasteiger partial charge >= 0.3 is 0 Å². The molecular formula is C12H18BrClN2S2. The monoisotopic (exact) mass is 368 g/mol. The number of rotatable bonds is 6. The van der Waals surface area contributed by atoms with Crippen LogP contribution >= 0.6 is 51.9 Å². The molecule has 0 amide bonds. The van der Waals surface area contributed by atoms with Gasteiger partial charge in [-0.05, 0) is 53.2 Å². The maximum absolute atomic E-state index is 4.36. The SMILES string of the molecule is Brc1ccc(SCCCCN2CCSC2)nc1.Cl. The van der Waals surface area contributed by atoms with Crippen molar-refractivity contribution in [2.24, 2.45) is 0 Å². The summed E-state index contributed by atoms with van der Waals surface area (Å²) in [5.74, 6) is 3.73. The second kappa shape index (κ2) is 9.48. The Morgan fingerprint density at radius 1 is 1.39 bits per heavy atom. The summed E-state index contributed by atoms with van der Waals surface area (Å²) in [6.45, 7) is 2.55. The lowest BCUT2D eigenvalue weighted by Crippen LogP contribution is -2.20. The van der Waals surface area contributed by atoms with Crippen LogP contribution < -0.4 is 0 Å². The third-order valence-corrected chi connectivity index (χ3v) is 5.16. The third kappa shape index (κ3) is 6.15. The van der Waals surface area contributed by atoms with Crippen molar-refractivity contribution in [2.75, 3.05) is 30.5 Å². The van der Waals surface area contributed by atoms with Gasteiger partial charge in [-0.15, -0.1) is 35.9 Å². The molecule has 0 unspecified atom stereocenters. The molecule has 0 spiro atoms. The van der Waals surface area contributed by atoms with Crippen molar-refractivity contribution in [1.29, 1.82) is 0 Å². The third-order valence-electron chi connectivity index (χ3n) is 2.64. The van der Waals surface area contributed by atoms with E-state index in [-0.39, 0.29) is 12.4 Å². The molecular weight excluding hydrogens is 352 g/mol. The first-order valence-corrected chi connectivity index (χ1v) is 8.82. The lowest BCUT2D eigenvalue weighted by atomic mass is 10.3. The Hall–Kier alpha value is 0.580. The Labute approximate surface area is 132 Å². The number of hydrogen-bond donors (Lipinski definition) is 0. The average molecular weight is 370 g/mol. The fraction of sp³-hybridized carbons (Fsp3) is 0.583. The fourth-order valence-electron chi connectivity index (χ4n) is 1.69. The highest BCUT2D eigenvalue weighted by Crippen LogP contribution is 2.19. The van der Waals surface area contributed by atoms with E-state index in [1.807, 2.05) is 18.0 Å². The summed E-state index contributed by atoms with van der Waals surface area (Å²) in [5.41, 5.74) is 0. The van der Waals surface area contributed by atoms with Crippen molar-refractivity contribution in [1.82, 2.24) is 9.88 Å². The van der Waals surface area contributed by atoms with Crippen LogP contribution in [0.25, 0.3) is 0 Å². The van der Waals surface area contributed by atoms with Gasteiger partial charge < -0.3 is 0 Å². The van der Waals surface area contributed by atoms with Gasteiger partial charge in [0.1, 0.15) is 0 Å². The lowest BCUT2D eigenvalue weighted by Gasteiger charge is -2.12. The lowest BCUT2D eigenvalue weighted by molar-refractivity contribution is 0.349. The van der Waals surface area contributed by atoms with Crippen LogP contribution in [-0.2, 0) is 0 Å². The van der Waals surface area contributed by atoms with Crippen LogP contribution in [0.3, 0.4) is 0 Å². The number of nitrogens with zero attached hydrogens (tertiary/aromatic N) is 2. The number of halogens is 2. The van der Waals surface area contributed by atoms with E-state index in [0.29, 0.717) is 0 Å². The van der Waals surface area contributed by atoms with Crippen LogP contribution in [0.5, 0.6) is 0 Å². The van der Waals surface area contributed by atoms with Crippen LogP contribution in [0.2, 0.25) is 0 Å². The van der Waals surface area contributed by atoms with Crippen molar-refractivity contribution in [3.05, 3.63) is 22.8 Å². The van der Waals surface area contributed by atoms with Crippen molar-refractivity contribution >= 4 is 51.9 Å². The highest BCUT2D eigenvalue weighted by atomic mass is 79.9. The standard InChI is InChI=1S/C12H17BrN2S2.ClH/c13-11-3-4-12(14-9-11)17-7-2-1-5-15-6-8-16-10-15;/h3-4,9H,1-2,5-8,10H2;1H. The van der Waals surface area contributed by atoms with Gasteiger partial charge in [0.25, 0.3) is 0 Å². The van der Waals surface area contributed by atoms with Gasteiger partial charge in [-0.3, -0.25) is 4.90 Å². The summed E-state index contributed by atoms with van der Waals surface area (Å²) in [5, 5.41) is 1.13. The van der Waals surface area contributed by atoms with Crippen molar-refractivity contribution in [2.45, 2.75) is 17.9 Å². The molecule has 2 heterocycles. The van der Waals surface area contributed by atoms with Crippen LogP contribution in [0, 0.1) is 0 Å². The van der Waals surface area contributed by atoms with Crippen molar-refractivity contribution < 1.29 is 0 Å². The minimum Gasteiger partial charge on any atom is -0.293 e. The number of aromatic nitrogens is 1. The summed E-state index contributed by atoms with van der Waals surface area (Å²) >= 11 is 7.30. The summed E-state index contributed by atoms with van der Waals surface area (Å²) in [4.78, 5) is 6.90. The van der Waals surface area contributed by atoms with Crippen LogP contribution in [0.15, 0.2) is 27.8 Å². The number of unbranched alkanes of at least 4 members (excludes halogenated alkanes) is 1. The first-order valence-electron chi connectivity index (χ1n) is 5.89. The number of pyridine rings is 1. The maximum Gasteiger partial charge on any atom is 0.0960 e. The zero-order chi connectivity index (χ0) is 11.9. The molecule has 102 valence electrons. The quantitative estimate of drug-likeness (QED) is 0.553. The molecule has 0 atom stereocenters. The Bertz CT molecular complexity index is 331. The van der Waals surface area contributed by atoms with E-state index < -0.39 is 0 Å². The van der Waals surface area contributed by atoms with E-state index in [1.54, 1.807) is 0 Å². The van der Waals surface area contributed by atoms with Gasteiger partial charge in [0, 0.05) is 28.8 Å². The van der Waals surface area contributed by atoms with Gasteiger partial charge in [-0.1, -0.05) is 0 Å². The fourth-order valence-corrected chi connectivity index (χ4v) is 3.81. The first kappa shape index (κ1) is 16.6. The summed E-state index contributed by atoms with van der Waals surface area (Å²) < 4.78 is 1.05. The van der Waals surface area contributed by atoms with E-state index in [4.69, 9.17) is 0 Å². The number of thioether (sulfide) groups is 2. The smallest absolute Gasteiger partial charge is 0.0960 e. The predicted octanol–water partition coefficient (Wildman–Crippen LogP) is 4.14. The second-order valence-electron chi connectivity index (χ2n) is 4.03. The molecule has 1 fully saturated rings. The topological polar surface area (TPSA) is 16.1 Å². The Morgan fingerprint density at radius 2 is 2.28 bits per heavy atom. The molecule has 0 aliphatic carbocycles.